The minimum atomic E-state index is -0.241. The van der Waals surface area contributed by atoms with E-state index >= 15 is 0 Å². The first-order chi connectivity index (χ1) is 16.0. The zero-order valence-corrected chi connectivity index (χ0v) is 20.5. The number of ether oxygens (including phenoxy) is 2. The molecule has 0 saturated carbocycles. The molecule has 0 radical (unpaired) electrons. The Balaban J connectivity index is 1.81. The van der Waals surface area contributed by atoms with Gasteiger partial charge in [0.25, 0.3) is 5.91 Å². The van der Waals surface area contributed by atoms with Gasteiger partial charge in [0.15, 0.2) is 17.3 Å². The number of nitrogens with one attached hydrogen (secondary N) is 1. The quantitative estimate of drug-likeness (QED) is 0.440. The number of hydrogen-bond acceptors (Lipinski definition) is 6. The maximum Gasteiger partial charge on any atom is 0.291 e. The van der Waals surface area contributed by atoms with Crippen LogP contribution in [0.3, 0.4) is 0 Å². The van der Waals surface area contributed by atoms with Gasteiger partial charge in [-0.1, -0.05) is 26.0 Å². The van der Waals surface area contributed by atoms with Crippen molar-refractivity contribution in [3.8, 4) is 11.5 Å². The highest BCUT2D eigenvalue weighted by molar-refractivity contribution is 7.16. The van der Waals surface area contributed by atoms with Crippen LogP contribution >= 0.6 is 11.3 Å². The van der Waals surface area contributed by atoms with Gasteiger partial charge >= 0.3 is 0 Å². The van der Waals surface area contributed by atoms with Crippen molar-refractivity contribution in [2.45, 2.75) is 39.2 Å². The molecule has 0 spiro atoms. The number of methoxy groups -OCH3 is 2. The van der Waals surface area contributed by atoms with Gasteiger partial charge < -0.3 is 19.2 Å². The summed E-state index contributed by atoms with van der Waals surface area (Å²) in [6.45, 7) is 6.41. The predicted molar refractivity (Wildman–Crippen MR) is 132 cm³/mol. The smallest absolute Gasteiger partial charge is 0.291 e. The molecule has 1 amide bonds. The molecule has 1 atom stereocenters. The molecule has 7 heteroatoms. The van der Waals surface area contributed by atoms with Crippen molar-refractivity contribution in [2.24, 2.45) is 5.92 Å². The number of amides is 1. The van der Waals surface area contributed by atoms with Crippen LogP contribution in [0.4, 0.5) is 5.00 Å². The van der Waals surface area contributed by atoms with Crippen LogP contribution in [-0.4, -0.2) is 38.1 Å². The summed E-state index contributed by atoms with van der Waals surface area (Å²) in [5.41, 5.74) is 2.12. The highest BCUT2D eigenvalue weighted by atomic mass is 32.1. The molecule has 1 aromatic carbocycles. The van der Waals surface area contributed by atoms with Crippen molar-refractivity contribution in [1.29, 1.82) is 0 Å². The Hall–Kier alpha value is -2.77. The van der Waals surface area contributed by atoms with Gasteiger partial charge in [-0.25, -0.2) is 0 Å². The topological polar surface area (TPSA) is 63.9 Å². The fourth-order valence-corrected chi connectivity index (χ4v) is 5.51. The van der Waals surface area contributed by atoms with Crippen LogP contribution in [0.25, 0.3) is 0 Å². The maximum absolute atomic E-state index is 12.9. The van der Waals surface area contributed by atoms with Gasteiger partial charge in [-0.15, -0.1) is 11.3 Å². The van der Waals surface area contributed by atoms with Crippen LogP contribution in [0, 0.1) is 5.92 Å². The molecule has 4 rings (SSSR count). The zero-order chi connectivity index (χ0) is 23.4. The third-order valence-corrected chi connectivity index (χ3v) is 7.55. The first-order valence-electron chi connectivity index (χ1n) is 11.5. The lowest BCUT2D eigenvalue weighted by atomic mass is 9.92. The Labute approximate surface area is 199 Å². The van der Waals surface area contributed by atoms with E-state index in [1.165, 1.54) is 11.1 Å². The van der Waals surface area contributed by atoms with Crippen LogP contribution in [-0.2, 0) is 6.42 Å². The number of rotatable bonds is 8. The third-order valence-electron chi connectivity index (χ3n) is 6.34. The molecular formula is C26H32N2O4S. The summed E-state index contributed by atoms with van der Waals surface area (Å²) in [5, 5.41) is 3.97. The number of furan rings is 1. The largest absolute Gasteiger partial charge is 0.493 e. The molecule has 2 aromatic heterocycles. The Kier molecular flexibility index (Phi) is 7.40. The van der Waals surface area contributed by atoms with E-state index in [0.717, 1.165) is 54.2 Å². The maximum atomic E-state index is 12.9. The lowest BCUT2D eigenvalue weighted by molar-refractivity contribution is 0.0996. The molecule has 1 fully saturated rings. The summed E-state index contributed by atoms with van der Waals surface area (Å²) < 4.78 is 16.8. The van der Waals surface area contributed by atoms with Crippen molar-refractivity contribution in [3.05, 3.63) is 64.4 Å². The van der Waals surface area contributed by atoms with E-state index in [1.807, 2.05) is 12.1 Å². The van der Waals surface area contributed by atoms with Crippen LogP contribution in [0.5, 0.6) is 11.5 Å². The highest BCUT2D eigenvalue weighted by Gasteiger charge is 2.32. The van der Waals surface area contributed by atoms with Gasteiger partial charge in [0.05, 0.1) is 26.5 Å². The molecule has 3 aromatic rings. The van der Waals surface area contributed by atoms with E-state index in [-0.39, 0.29) is 11.9 Å². The number of thiophene rings is 1. The molecular weight excluding hydrogens is 436 g/mol. The SMILES string of the molecule is CCc1cc(C(c2cccc(OC)c2OC)N2CCC(C)CC2)c(NC(=O)c2ccco2)s1. The van der Waals surface area contributed by atoms with Crippen molar-refractivity contribution in [2.75, 3.05) is 32.6 Å². The first kappa shape index (κ1) is 23.4. The molecule has 1 aliphatic rings. The number of aryl methyl sites for hydroxylation is 1. The molecule has 176 valence electrons. The van der Waals surface area contributed by atoms with Crippen LogP contribution in [0.15, 0.2) is 47.1 Å². The summed E-state index contributed by atoms with van der Waals surface area (Å²) in [6.07, 6.45) is 4.69. The summed E-state index contributed by atoms with van der Waals surface area (Å²) >= 11 is 1.62. The lowest BCUT2D eigenvalue weighted by Crippen LogP contribution is -2.37. The molecule has 0 bridgehead atoms. The van der Waals surface area contributed by atoms with Crippen LogP contribution in [0.1, 0.15) is 59.3 Å². The van der Waals surface area contributed by atoms with Crippen LogP contribution in [0.2, 0.25) is 0 Å². The lowest BCUT2D eigenvalue weighted by Gasteiger charge is -2.38. The van der Waals surface area contributed by atoms with Gasteiger partial charge in [-0.3, -0.25) is 9.69 Å². The monoisotopic (exact) mass is 468 g/mol. The predicted octanol–water partition coefficient (Wildman–Crippen LogP) is 5.99. The minimum Gasteiger partial charge on any atom is -0.493 e. The van der Waals surface area contributed by atoms with Crippen molar-refractivity contribution < 1.29 is 18.7 Å². The van der Waals surface area contributed by atoms with Gasteiger partial charge in [0, 0.05) is 16.0 Å². The van der Waals surface area contributed by atoms with E-state index in [9.17, 15) is 4.79 Å². The van der Waals surface area contributed by atoms with Gasteiger partial charge in [-0.05, 0) is 62.5 Å². The van der Waals surface area contributed by atoms with E-state index in [4.69, 9.17) is 13.9 Å². The number of benzene rings is 1. The second-order valence-electron chi connectivity index (χ2n) is 8.49. The molecule has 1 N–H and O–H groups in total. The Morgan fingerprint density at radius 3 is 2.61 bits per heavy atom. The molecule has 3 heterocycles. The Morgan fingerprint density at radius 2 is 1.97 bits per heavy atom. The molecule has 6 nitrogen and oxygen atoms in total. The average Bonchev–Trinajstić information content (AvgIpc) is 3.51. The number of anilines is 1. The van der Waals surface area contributed by atoms with Crippen LogP contribution < -0.4 is 14.8 Å². The molecule has 33 heavy (non-hydrogen) atoms. The summed E-state index contributed by atoms with van der Waals surface area (Å²) in [7, 11) is 3.34. The normalized spacial score (nSPS) is 15.9. The second kappa shape index (κ2) is 10.4. The van der Waals surface area contributed by atoms with E-state index in [0.29, 0.717) is 17.4 Å². The Morgan fingerprint density at radius 1 is 1.18 bits per heavy atom. The number of carbonyl (C=O) groups excluding carboxylic acids is 1. The summed E-state index contributed by atoms with van der Waals surface area (Å²) in [5.74, 6) is 2.21. The van der Waals surface area contributed by atoms with Crippen molar-refractivity contribution >= 4 is 22.2 Å². The van der Waals surface area contributed by atoms with E-state index in [1.54, 1.807) is 37.7 Å². The zero-order valence-electron chi connectivity index (χ0n) is 19.7. The third kappa shape index (κ3) is 4.94. The highest BCUT2D eigenvalue weighted by Crippen LogP contribution is 2.45. The van der Waals surface area contributed by atoms with Crippen molar-refractivity contribution in [1.82, 2.24) is 4.90 Å². The first-order valence-corrected chi connectivity index (χ1v) is 12.3. The number of hydrogen-bond donors (Lipinski definition) is 1. The number of likely N-dealkylation sites (tertiary alicyclic amines) is 1. The van der Waals surface area contributed by atoms with E-state index in [2.05, 4.69) is 36.2 Å². The van der Waals surface area contributed by atoms with Crippen molar-refractivity contribution in [3.63, 3.8) is 0 Å². The standard InChI is InChI=1S/C26H32N2O4S/c1-5-18-16-20(26(33-18)27-25(29)22-10-7-15-32-22)23(28-13-11-17(2)12-14-28)19-8-6-9-21(30-3)24(19)31-4/h6-10,15-17,23H,5,11-14H2,1-4H3,(H,27,29). The van der Waals surface area contributed by atoms with Gasteiger partial charge in [0.2, 0.25) is 0 Å². The number of para-hydroxylation sites is 1. The fraction of sp³-hybridized carbons (Fsp3) is 0.423. The molecule has 1 aliphatic heterocycles. The summed E-state index contributed by atoms with van der Waals surface area (Å²) in [6, 6.07) is 11.6. The minimum absolute atomic E-state index is 0.0639. The molecule has 1 unspecified atom stereocenters. The number of piperidine rings is 1. The molecule has 1 saturated heterocycles. The van der Waals surface area contributed by atoms with E-state index < -0.39 is 0 Å². The fourth-order valence-electron chi connectivity index (χ4n) is 4.48. The number of carbonyl (C=O) groups is 1. The average molecular weight is 469 g/mol. The summed E-state index contributed by atoms with van der Waals surface area (Å²) in [4.78, 5) is 16.6. The van der Waals surface area contributed by atoms with Gasteiger partial charge in [0.1, 0.15) is 5.00 Å². The Bertz CT molecular complexity index is 1070. The van der Waals surface area contributed by atoms with Gasteiger partial charge in [-0.2, -0.15) is 0 Å². The molecule has 0 aliphatic carbocycles. The second-order valence-corrected chi connectivity index (χ2v) is 9.62. The number of nitrogens with zero attached hydrogens (tertiary/aromatic N) is 1.